The fourth-order valence-electron chi connectivity index (χ4n) is 2.67. The molecule has 1 fully saturated rings. The number of carbonyl (C=O) groups is 1. The minimum absolute atomic E-state index is 0.257. The molecule has 0 bridgehead atoms. The van der Waals surface area contributed by atoms with Crippen molar-refractivity contribution in [2.24, 2.45) is 4.99 Å². The van der Waals surface area contributed by atoms with Gasteiger partial charge in [0.25, 0.3) is 0 Å². The van der Waals surface area contributed by atoms with Crippen LogP contribution in [-0.4, -0.2) is 77.7 Å². The quantitative estimate of drug-likeness (QED) is 0.598. The van der Waals surface area contributed by atoms with Gasteiger partial charge in [0.05, 0.1) is 24.0 Å². The van der Waals surface area contributed by atoms with Gasteiger partial charge < -0.3 is 19.9 Å². The molecule has 0 saturated carbocycles. The topological polar surface area (TPSA) is 74.2 Å². The lowest BCUT2D eigenvalue weighted by Crippen LogP contribution is -2.54. The molecule has 1 N–H and O–H groups in total. The van der Waals surface area contributed by atoms with E-state index < -0.39 is 10.8 Å². The summed E-state index contributed by atoms with van der Waals surface area (Å²) in [4.78, 5) is 21.1. The van der Waals surface area contributed by atoms with Crippen molar-refractivity contribution in [1.29, 1.82) is 0 Å². The summed E-state index contributed by atoms with van der Waals surface area (Å²) in [5.74, 6) is 1.29. The van der Waals surface area contributed by atoms with Crippen molar-refractivity contribution in [3.8, 4) is 0 Å². The molecule has 26 heavy (non-hydrogen) atoms. The van der Waals surface area contributed by atoms with E-state index in [1.165, 1.54) is 0 Å². The Labute approximate surface area is 157 Å². The number of benzene rings is 1. The van der Waals surface area contributed by atoms with E-state index in [-0.39, 0.29) is 6.09 Å². The Morgan fingerprint density at radius 3 is 2.42 bits per heavy atom. The van der Waals surface area contributed by atoms with E-state index >= 15 is 0 Å². The van der Waals surface area contributed by atoms with Crippen molar-refractivity contribution in [1.82, 2.24) is 15.1 Å². The number of rotatable bonds is 6. The fourth-order valence-corrected chi connectivity index (χ4v) is 3.62. The second-order valence-electron chi connectivity index (χ2n) is 5.77. The summed E-state index contributed by atoms with van der Waals surface area (Å²) in [5.41, 5.74) is 0. The van der Waals surface area contributed by atoms with Crippen molar-refractivity contribution >= 4 is 22.9 Å². The van der Waals surface area contributed by atoms with Crippen LogP contribution in [0.5, 0.6) is 0 Å². The van der Waals surface area contributed by atoms with Gasteiger partial charge in [0, 0.05) is 43.4 Å². The monoisotopic (exact) mass is 380 g/mol. The van der Waals surface area contributed by atoms with Gasteiger partial charge in [0.1, 0.15) is 0 Å². The average Bonchev–Trinajstić information content (AvgIpc) is 2.68. The van der Waals surface area contributed by atoms with Gasteiger partial charge in [0.15, 0.2) is 5.96 Å². The molecular formula is C18H28N4O3S. The van der Waals surface area contributed by atoms with Gasteiger partial charge in [-0.1, -0.05) is 18.2 Å². The Morgan fingerprint density at radius 1 is 1.15 bits per heavy atom. The van der Waals surface area contributed by atoms with Gasteiger partial charge in [-0.3, -0.25) is 9.20 Å². The maximum absolute atomic E-state index is 12.3. The lowest BCUT2D eigenvalue weighted by molar-refractivity contribution is 0.0914. The van der Waals surface area contributed by atoms with E-state index in [2.05, 4.69) is 15.2 Å². The molecule has 1 amide bonds. The lowest BCUT2D eigenvalue weighted by atomic mass is 10.3. The van der Waals surface area contributed by atoms with Crippen molar-refractivity contribution in [2.75, 3.05) is 51.6 Å². The minimum Gasteiger partial charge on any atom is -0.450 e. The molecule has 7 nitrogen and oxygen atoms in total. The Bertz CT molecular complexity index is 616. The second-order valence-corrected chi connectivity index (χ2v) is 7.34. The summed E-state index contributed by atoms with van der Waals surface area (Å²) in [5, 5.41) is 3.28. The first-order valence-corrected chi connectivity index (χ1v) is 10.4. The third-order valence-corrected chi connectivity index (χ3v) is 5.34. The smallest absolute Gasteiger partial charge is 0.409 e. The molecule has 1 aliphatic heterocycles. The predicted molar refractivity (Wildman–Crippen MR) is 104 cm³/mol. The summed E-state index contributed by atoms with van der Waals surface area (Å²) in [7, 11) is -1.05. The third-order valence-electron chi connectivity index (χ3n) is 3.98. The summed E-state index contributed by atoms with van der Waals surface area (Å²) in [6, 6.07) is 9.45. The Morgan fingerprint density at radius 2 is 1.81 bits per heavy atom. The summed E-state index contributed by atoms with van der Waals surface area (Å²) in [6.07, 6.45) is -0.257. The first-order valence-electron chi connectivity index (χ1n) is 9.04. The van der Waals surface area contributed by atoms with Crippen LogP contribution in [0.15, 0.2) is 40.2 Å². The van der Waals surface area contributed by atoms with E-state index in [0.717, 1.165) is 17.4 Å². The number of hydrogen-bond acceptors (Lipinski definition) is 4. The van der Waals surface area contributed by atoms with Crippen LogP contribution in [-0.2, 0) is 15.5 Å². The van der Waals surface area contributed by atoms with Crippen LogP contribution in [0.4, 0.5) is 4.79 Å². The third kappa shape index (κ3) is 6.01. The highest BCUT2D eigenvalue weighted by molar-refractivity contribution is 7.85. The number of ether oxygens (including phenoxy) is 1. The van der Waals surface area contributed by atoms with Crippen molar-refractivity contribution in [3.05, 3.63) is 30.3 Å². The second kappa shape index (κ2) is 10.8. The molecule has 144 valence electrons. The van der Waals surface area contributed by atoms with Gasteiger partial charge >= 0.3 is 6.09 Å². The highest BCUT2D eigenvalue weighted by Gasteiger charge is 2.23. The van der Waals surface area contributed by atoms with Crippen molar-refractivity contribution < 1.29 is 13.7 Å². The molecule has 1 atom stereocenters. The maximum atomic E-state index is 12.3. The van der Waals surface area contributed by atoms with E-state index in [1.807, 2.05) is 44.2 Å². The van der Waals surface area contributed by atoms with E-state index in [0.29, 0.717) is 45.1 Å². The van der Waals surface area contributed by atoms with Crippen LogP contribution in [0.1, 0.15) is 13.8 Å². The van der Waals surface area contributed by atoms with E-state index in [4.69, 9.17) is 4.74 Å². The van der Waals surface area contributed by atoms with Crippen molar-refractivity contribution in [2.45, 2.75) is 18.7 Å². The van der Waals surface area contributed by atoms with Gasteiger partial charge in [-0.2, -0.15) is 0 Å². The van der Waals surface area contributed by atoms with Gasteiger partial charge in [-0.25, -0.2) is 4.79 Å². The molecular weight excluding hydrogens is 352 g/mol. The summed E-state index contributed by atoms with van der Waals surface area (Å²) < 4.78 is 17.3. The molecule has 0 spiro atoms. The molecule has 1 heterocycles. The predicted octanol–water partition coefficient (Wildman–Crippen LogP) is 1.53. The number of amides is 1. The molecule has 1 aromatic rings. The number of guanidine groups is 1. The van der Waals surface area contributed by atoms with Crippen LogP contribution in [0, 0.1) is 0 Å². The first kappa shape index (κ1) is 20.2. The molecule has 0 radical (unpaired) electrons. The largest absolute Gasteiger partial charge is 0.450 e. The highest BCUT2D eigenvalue weighted by Crippen LogP contribution is 2.07. The van der Waals surface area contributed by atoms with Crippen LogP contribution in [0.2, 0.25) is 0 Å². The molecule has 8 heteroatoms. The molecule has 0 aromatic heterocycles. The number of hydrogen-bond donors (Lipinski definition) is 1. The van der Waals surface area contributed by atoms with E-state index in [9.17, 15) is 9.00 Å². The lowest BCUT2D eigenvalue weighted by Gasteiger charge is -2.35. The highest BCUT2D eigenvalue weighted by atomic mass is 32.2. The first-order chi connectivity index (χ1) is 12.7. The SMILES string of the molecule is CCNC(=NCCS(=O)c1ccccc1)N1CCN(C(=O)OCC)CC1. The van der Waals surface area contributed by atoms with E-state index in [1.54, 1.807) is 4.90 Å². The summed E-state index contributed by atoms with van der Waals surface area (Å²) >= 11 is 0. The maximum Gasteiger partial charge on any atom is 0.409 e. The minimum atomic E-state index is -1.05. The molecule has 0 aliphatic carbocycles. The van der Waals surface area contributed by atoms with Gasteiger partial charge in [-0.15, -0.1) is 0 Å². The number of carbonyl (C=O) groups excluding carboxylic acids is 1. The Hall–Kier alpha value is -2.09. The molecule has 1 saturated heterocycles. The zero-order valence-electron chi connectivity index (χ0n) is 15.5. The normalized spacial score (nSPS) is 16.3. The molecule has 1 aromatic carbocycles. The average molecular weight is 381 g/mol. The van der Waals surface area contributed by atoms with Crippen LogP contribution >= 0.6 is 0 Å². The van der Waals surface area contributed by atoms with Gasteiger partial charge in [-0.05, 0) is 26.0 Å². The number of nitrogens with one attached hydrogen (secondary N) is 1. The standard InChI is InChI=1S/C18H28N4O3S/c1-3-19-17(20-10-15-26(24)16-8-6-5-7-9-16)21-11-13-22(14-12-21)18(23)25-4-2/h5-9H,3-4,10-15H2,1-2H3,(H,19,20). The van der Waals surface area contributed by atoms with Crippen molar-refractivity contribution in [3.63, 3.8) is 0 Å². The summed E-state index contributed by atoms with van der Waals surface area (Å²) in [6.45, 7) is 8.09. The number of nitrogens with zero attached hydrogens (tertiary/aromatic N) is 3. The zero-order valence-corrected chi connectivity index (χ0v) is 16.3. The van der Waals surface area contributed by atoms with Crippen LogP contribution < -0.4 is 5.32 Å². The molecule has 1 aliphatic rings. The number of piperazine rings is 1. The van der Waals surface area contributed by atoms with Crippen LogP contribution in [0.25, 0.3) is 0 Å². The Balaban J connectivity index is 1.87. The zero-order chi connectivity index (χ0) is 18.8. The molecule has 1 unspecified atom stereocenters. The van der Waals surface area contributed by atoms with Gasteiger partial charge in [0.2, 0.25) is 0 Å². The Kier molecular flexibility index (Phi) is 8.40. The number of aliphatic imine (C=N–C) groups is 1. The fraction of sp³-hybridized carbons (Fsp3) is 0.556. The van der Waals surface area contributed by atoms with Crippen LogP contribution in [0.3, 0.4) is 0 Å². The molecule has 2 rings (SSSR count).